The molecule has 0 spiro atoms. The predicted molar refractivity (Wildman–Crippen MR) is 88.7 cm³/mol. The molecule has 2 aromatic rings. The zero-order chi connectivity index (χ0) is 17.3. The first kappa shape index (κ1) is 17.0. The summed E-state index contributed by atoms with van der Waals surface area (Å²) in [5.41, 5.74) is -0.389. The zero-order valence-corrected chi connectivity index (χ0v) is 14.4. The van der Waals surface area contributed by atoms with E-state index in [9.17, 15) is 18.0 Å². The van der Waals surface area contributed by atoms with Crippen molar-refractivity contribution in [3.8, 4) is 5.88 Å². The number of carbonyl (C=O) groups excluding carboxylic acids is 1. The molecule has 126 valence electrons. The second-order valence-corrected chi connectivity index (χ2v) is 6.45. The number of hydrogen-bond donors (Lipinski definition) is 0. The molecule has 1 saturated heterocycles. The fourth-order valence-electron chi connectivity index (χ4n) is 2.29. The van der Waals surface area contributed by atoms with Crippen molar-refractivity contribution in [2.45, 2.75) is 12.3 Å². The maximum atomic E-state index is 12.6. The minimum absolute atomic E-state index is 0.0868. The number of carbonyl (C=O) groups is 1. The molecule has 0 bridgehead atoms. The minimum Gasteiger partial charge on any atom is -0.471 e. The third kappa shape index (κ3) is 3.63. The van der Waals surface area contributed by atoms with Gasteiger partial charge in [-0.15, -0.1) is 0 Å². The molecule has 0 aliphatic carbocycles. The molecule has 24 heavy (non-hydrogen) atoms. The van der Waals surface area contributed by atoms with Gasteiger partial charge in [0, 0.05) is 9.64 Å². The maximum Gasteiger partial charge on any atom is 0.433 e. The van der Waals surface area contributed by atoms with Gasteiger partial charge in [-0.3, -0.25) is 4.79 Å². The Morgan fingerprint density at radius 3 is 2.54 bits per heavy atom. The third-order valence-corrected chi connectivity index (χ3v) is 4.48. The largest absolute Gasteiger partial charge is 0.471 e. The smallest absolute Gasteiger partial charge is 0.433 e. The van der Waals surface area contributed by atoms with E-state index < -0.39 is 11.9 Å². The van der Waals surface area contributed by atoms with E-state index in [1.54, 1.807) is 17.0 Å². The van der Waals surface area contributed by atoms with Crippen LogP contribution in [0.15, 0.2) is 42.5 Å². The van der Waals surface area contributed by atoms with E-state index in [0.717, 1.165) is 9.64 Å². The fourth-order valence-corrected chi connectivity index (χ4v) is 2.91. The van der Waals surface area contributed by atoms with Crippen molar-refractivity contribution in [2.75, 3.05) is 13.1 Å². The third-order valence-electron chi connectivity index (χ3n) is 3.54. The van der Waals surface area contributed by atoms with E-state index in [0.29, 0.717) is 18.7 Å². The second-order valence-electron chi connectivity index (χ2n) is 5.29. The molecule has 3 rings (SSSR count). The van der Waals surface area contributed by atoms with Crippen molar-refractivity contribution in [1.29, 1.82) is 0 Å². The molecule has 0 radical (unpaired) electrons. The lowest BCUT2D eigenvalue weighted by molar-refractivity contribution is -0.141. The van der Waals surface area contributed by atoms with Crippen LogP contribution in [-0.4, -0.2) is 35.0 Å². The monoisotopic (exact) mass is 448 g/mol. The number of hydrogen-bond acceptors (Lipinski definition) is 3. The molecule has 1 aliphatic heterocycles. The molecule has 1 aliphatic rings. The average molecular weight is 448 g/mol. The molecule has 0 N–H and O–H groups in total. The number of alkyl halides is 3. The van der Waals surface area contributed by atoms with Crippen LogP contribution in [0.4, 0.5) is 13.2 Å². The second kappa shape index (κ2) is 6.58. The number of nitrogens with zero attached hydrogens (tertiary/aromatic N) is 2. The average Bonchev–Trinajstić information content (AvgIpc) is 2.50. The highest BCUT2D eigenvalue weighted by atomic mass is 127. The predicted octanol–water partition coefficient (Wildman–Crippen LogP) is 3.61. The van der Waals surface area contributed by atoms with Crippen molar-refractivity contribution in [3.63, 3.8) is 0 Å². The van der Waals surface area contributed by atoms with Gasteiger partial charge in [-0.05, 0) is 40.8 Å². The highest BCUT2D eigenvalue weighted by Crippen LogP contribution is 2.29. The summed E-state index contributed by atoms with van der Waals surface area (Å²) in [4.78, 5) is 17.4. The van der Waals surface area contributed by atoms with Crippen LogP contribution in [0.2, 0.25) is 0 Å². The molecule has 0 saturated carbocycles. The molecule has 1 aromatic heterocycles. The van der Waals surface area contributed by atoms with Gasteiger partial charge in [0.25, 0.3) is 5.91 Å². The fraction of sp³-hybridized carbons (Fsp3) is 0.250. The normalized spacial score (nSPS) is 15.1. The van der Waals surface area contributed by atoms with E-state index in [2.05, 4.69) is 27.6 Å². The van der Waals surface area contributed by atoms with Crippen LogP contribution in [0.5, 0.6) is 5.88 Å². The lowest BCUT2D eigenvalue weighted by Crippen LogP contribution is -2.56. The van der Waals surface area contributed by atoms with Crippen molar-refractivity contribution in [2.24, 2.45) is 0 Å². The van der Waals surface area contributed by atoms with Gasteiger partial charge in [-0.1, -0.05) is 18.2 Å². The molecule has 8 heteroatoms. The zero-order valence-electron chi connectivity index (χ0n) is 12.3. The Morgan fingerprint density at radius 2 is 1.88 bits per heavy atom. The Kier molecular flexibility index (Phi) is 4.66. The van der Waals surface area contributed by atoms with Crippen LogP contribution >= 0.6 is 22.6 Å². The number of amides is 1. The van der Waals surface area contributed by atoms with Gasteiger partial charge in [-0.25, -0.2) is 4.98 Å². The van der Waals surface area contributed by atoms with Crippen LogP contribution in [0.25, 0.3) is 0 Å². The SMILES string of the molecule is O=C(c1ccccc1I)N1CC(Oc2cccc(C(F)(F)F)n2)C1. The number of likely N-dealkylation sites (tertiary alicyclic amines) is 1. The quantitative estimate of drug-likeness (QED) is 0.675. The molecule has 1 amide bonds. The number of benzene rings is 1. The van der Waals surface area contributed by atoms with Crippen molar-refractivity contribution >= 4 is 28.5 Å². The number of rotatable bonds is 3. The molecule has 2 heterocycles. The number of ether oxygens (including phenoxy) is 1. The topological polar surface area (TPSA) is 42.4 Å². The Morgan fingerprint density at radius 1 is 1.17 bits per heavy atom. The van der Waals surface area contributed by atoms with E-state index >= 15 is 0 Å². The standard InChI is InChI=1S/C16H12F3IN2O2/c17-16(18,19)13-6-3-7-14(21-13)24-10-8-22(9-10)15(23)11-4-1-2-5-12(11)20/h1-7,10H,8-9H2. The van der Waals surface area contributed by atoms with Gasteiger partial charge >= 0.3 is 6.18 Å². The van der Waals surface area contributed by atoms with Gasteiger partial charge in [0.1, 0.15) is 11.8 Å². The Labute approximate surface area is 149 Å². The van der Waals surface area contributed by atoms with E-state index in [1.165, 1.54) is 12.1 Å². The summed E-state index contributed by atoms with van der Waals surface area (Å²) in [6.07, 6.45) is -4.86. The lowest BCUT2D eigenvalue weighted by Gasteiger charge is -2.38. The van der Waals surface area contributed by atoms with Gasteiger partial charge in [0.05, 0.1) is 18.7 Å². The van der Waals surface area contributed by atoms with Gasteiger partial charge < -0.3 is 9.64 Å². The number of pyridine rings is 1. The van der Waals surface area contributed by atoms with E-state index in [4.69, 9.17) is 4.74 Å². The van der Waals surface area contributed by atoms with Gasteiger partial charge in [0.2, 0.25) is 5.88 Å². The Bertz CT molecular complexity index is 761. The highest BCUT2D eigenvalue weighted by molar-refractivity contribution is 14.1. The van der Waals surface area contributed by atoms with Crippen molar-refractivity contribution < 1.29 is 22.7 Å². The Hall–Kier alpha value is -1.84. The highest BCUT2D eigenvalue weighted by Gasteiger charge is 2.35. The summed E-state index contributed by atoms with van der Waals surface area (Å²) in [6, 6.07) is 10.7. The lowest BCUT2D eigenvalue weighted by atomic mass is 10.1. The van der Waals surface area contributed by atoms with Crippen molar-refractivity contribution in [1.82, 2.24) is 9.88 Å². The first-order valence-corrected chi connectivity index (χ1v) is 8.17. The first-order chi connectivity index (χ1) is 11.3. The van der Waals surface area contributed by atoms with Crippen LogP contribution in [-0.2, 0) is 6.18 Å². The summed E-state index contributed by atoms with van der Waals surface area (Å²) in [5, 5.41) is 0. The van der Waals surface area contributed by atoms with Gasteiger partial charge in [-0.2, -0.15) is 13.2 Å². The molecule has 1 aromatic carbocycles. The first-order valence-electron chi connectivity index (χ1n) is 7.09. The van der Waals surface area contributed by atoms with Crippen LogP contribution in [0.1, 0.15) is 16.1 Å². The van der Waals surface area contributed by atoms with E-state index in [-0.39, 0.29) is 17.9 Å². The van der Waals surface area contributed by atoms with Crippen LogP contribution in [0, 0.1) is 3.57 Å². The molecule has 1 fully saturated rings. The summed E-state index contributed by atoms with van der Waals surface area (Å²) in [6.45, 7) is 0.642. The summed E-state index contributed by atoms with van der Waals surface area (Å²) >= 11 is 2.09. The van der Waals surface area contributed by atoms with E-state index in [1.807, 2.05) is 12.1 Å². The summed E-state index contributed by atoms with van der Waals surface area (Å²) in [7, 11) is 0. The summed E-state index contributed by atoms with van der Waals surface area (Å²) in [5.74, 6) is -0.201. The molecular weight excluding hydrogens is 436 g/mol. The summed E-state index contributed by atoms with van der Waals surface area (Å²) < 4.78 is 44.1. The van der Waals surface area contributed by atoms with Gasteiger partial charge in [0.15, 0.2) is 0 Å². The maximum absolute atomic E-state index is 12.6. The number of halogens is 4. The molecule has 0 unspecified atom stereocenters. The Balaban J connectivity index is 1.60. The molecule has 4 nitrogen and oxygen atoms in total. The van der Waals surface area contributed by atoms with Crippen LogP contribution < -0.4 is 4.74 Å². The molecule has 0 atom stereocenters. The number of aromatic nitrogens is 1. The minimum atomic E-state index is -4.51. The van der Waals surface area contributed by atoms with Crippen molar-refractivity contribution in [3.05, 3.63) is 57.3 Å². The van der Waals surface area contributed by atoms with Crippen LogP contribution in [0.3, 0.4) is 0 Å². The molecular formula is C16H12F3IN2O2.